The summed E-state index contributed by atoms with van der Waals surface area (Å²) in [5.41, 5.74) is -0.181. The Morgan fingerprint density at radius 3 is 2.16 bits per heavy atom. The third-order valence-electron chi connectivity index (χ3n) is 3.16. The molecule has 0 aliphatic rings. The average Bonchev–Trinajstić information content (AvgIpc) is 2.48. The summed E-state index contributed by atoms with van der Waals surface area (Å²) in [6, 6.07) is 9.25. The van der Waals surface area contributed by atoms with Crippen molar-refractivity contribution < 1.29 is 19.1 Å². The van der Waals surface area contributed by atoms with E-state index in [4.69, 9.17) is 9.47 Å². The molecule has 6 nitrogen and oxygen atoms in total. The lowest BCUT2D eigenvalue weighted by atomic mass is 9.98. The molecular weight excluding hydrogens is 320 g/mol. The van der Waals surface area contributed by atoms with E-state index in [0.29, 0.717) is 6.54 Å². The summed E-state index contributed by atoms with van der Waals surface area (Å²) in [5.74, 6) is -0.281. The quantitative estimate of drug-likeness (QED) is 0.467. The van der Waals surface area contributed by atoms with Crippen LogP contribution in [0.15, 0.2) is 30.3 Å². The molecule has 0 radical (unpaired) electrons. The lowest BCUT2D eigenvalue weighted by Gasteiger charge is -2.24. The van der Waals surface area contributed by atoms with Crippen LogP contribution in [0, 0.1) is 5.41 Å². The zero-order chi connectivity index (χ0) is 19.1. The number of rotatable bonds is 6. The smallest absolute Gasteiger partial charge is 0.408 e. The average molecular weight is 350 g/mol. The second kappa shape index (κ2) is 8.85. The number of carbonyl (C=O) groups excluding carboxylic acids is 2. The first-order chi connectivity index (χ1) is 11.5. The van der Waals surface area contributed by atoms with Crippen LogP contribution >= 0.6 is 0 Å². The van der Waals surface area contributed by atoms with Crippen molar-refractivity contribution in [2.45, 2.75) is 53.2 Å². The number of esters is 1. The third-order valence-corrected chi connectivity index (χ3v) is 3.16. The molecule has 140 valence electrons. The number of amides is 1. The highest BCUT2D eigenvalue weighted by atomic mass is 16.6. The second-order valence-electron chi connectivity index (χ2n) is 7.89. The van der Waals surface area contributed by atoms with Gasteiger partial charge in [-0.15, -0.1) is 0 Å². The molecule has 1 rings (SSSR count). The van der Waals surface area contributed by atoms with Gasteiger partial charge in [0, 0.05) is 6.54 Å². The fourth-order valence-electron chi connectivity index (χ4n) is 1.92. The summed E-state index contributed by atoms with van der Waals surface area (Å²) in [6.45, 7) is 11.3. The molecule has 0 aliphatic carbocycles. The van der Waals surface area contributed by atoms with Gasteiger partial charge in [0.2, 0.25) is 0 Å². The van der Waals surface area contributed by atoms with Crippen LogP contribution in [-0.2, 0) is 14.3 Å². The maximum atomic E-state index is 12.1. The van der Waals surface area contributed by atoms with Crippen LogP contribution in [-0.4, -0.2) is 30.9 Å². The Morgan fingerprint density at radius 2 is 1.64 bits per heavy atom. The molecule has 0 bridgehead atoms. The van der Waals surface area contributed by atoms with Gasteiger partial charge in [0.1, 0.15) is 12.3 Å². The fourth-order valence-corrected chi connectivity index (χ4v) is 1.92. The zero-order valence-corrected chi connectivity index (χ0v) is 16.0. The molecule has 0 aliphatic heterocycles. The Morgan fingerprint density at radius 1 is 1.04 bits per heavy atom. The zero-order valence-electron chi connectivity index (χ0n) is 16.0. The number of hydrogen-bond acceptors (Lipinski definition) is 5. The Bertz CT molecular complexity index is 559. The topological polar surface area (TPSA) is 76.7 Å². The van der Waals surface area contributed by atoms with Gasteiger partial charge in [0.05, 0.1) is 11.5 Å². The van der Waals surface area contributed by atoms with Gasteiger partial charge in [0.15, 0.2) is 0 Å². The van der Waals surface area contributed by atoms with E-state index in [1.807, 2.05) is 51.1 Å². The van der Waals surface area contributed by atoms with Gasteiger partial charge in [-0.25, -0.2) is 4.79 Å². The highest BCUT2D eigenvalue weighted by Crippen LogP contribution is 2.16. The van der Waals surface area contributed by atoms with E-state index in [1.165, 1.54) is 0 Å². The maximum Gasteiger partial charge on any atom is 0.408 e. The molecule has 25 heavy (non-hydrogen) atoms. The molecule has 0 fully saturated rings. The number of alkyl carbamates (subject to hydrolysis) is 1. The second-order valence-corrected chi connectivity index (χ2v) is 7.89. The minimum Gasteiger partial charge on any atom is -0.449 e. The van der Waals surface area contributed by atoms with Gasteiger partial charge in [-0.1, -0.05) is 30.3 Å². The van der Waals surface area contributed by atoms with Crippen LogP contribution in [0.1, 0.15) is 53.1 Å². The van der Waals surface area contributed by atoms with Gasteiger partial charge < -0.3 is 14.8 Å². The van der Waals surface area contributed by atoms with E-state index >= 15 is 0 Å². The van der Waals surface area contributed by atoms with Crippen LogP contribution in [0.25, 0.3) is 0 Å². The summed E-state index contributed by atoms with van der Waals surface area (Å²) in [4.78, 5) is 23.8. The molecular formula is C19H30N2O4. The standard InChI is InChI=1S/C19H30N2O4/c1-18(2,3)16(22)24-13-20-12-15(14-10-8-7-9-11-14)21-17(23)25-19(4,5)6/h7-11,15,20H,12-13H2,1-6H3,(H,21,23)/t15-/m1/s1. The van der Waals surface area contributed by atoms with Gasteiger partial charge >= 0.3 is 12.1 Å². The first-order valence-electron chi connectivity index (χ1n) is 8.41. The molecule has 1 amide bonds. The van der Waals surface area contributed by atoms with Crippen molar-refractivity contribution in [3.63, 3.8) is 0 Å². The molecule has 0 heterocycles. The molecule has 0 unspecified atom stereocenters. The monoisotopic (exact) mass is 350 g/mol. The van der Waals surface area contributed by atoms with Gasteiger partial charge in [-0.2, -0.15) is 0 Å². The Hall–Kier alpha value is -2.08. The molecule has 1 aromatic carbocycles. The minimum absolute atomic E-state index is 0.0788. The molecule has 6 heteroatoms. The summed E-state index contributed by atoms with van der Waals surface area (Å²) in [5, 5.41) is 5.89. The predicted octanol–water partition coefficient (Wildman–Crippen LogP) is 3.39. The van der Waals surface area contributed by atoms with E-state index in [1.54, 1.807) is 20.8 Å². The van der Waals surface area contributed by atoms with Gasteiger partial charge in [-0.05, 0) is 47.1 Å². The number of nitrogens with one attached hydrogen (secondary N) is 2. The molecule has 1 atom stereocenters. The van der Waals surface area contributed by atoms with Crippen LogP contribution in [0.4, 0.5) is 4.79 Å². The lowest BCUT2D eigenvalue weighted by Crippen LogP contribution is -2.40. The highest BCUT2D eigenvalue weighted by Gasteiger charge is 2.23. The number of ether oxygens (including phenoxy) is 2. The Balaban J connectivity index is 2.61. The Labute approximate surface area is 150 Å². The van der Waals surface area contributed by atoms with E-state index in [0.717, 1.165) is 5.56 Å². The van der Waals surface area contributed by atoms with Crippen molar-refractivity contribution in [3.05, 3.63) is 35.9 Å². The summed E-state index contributed by atoms with van der Waals surface area (Å²) in [7, 11) is 0. The first kappa shape index (κ1) is 21.0. The maximum absolute atomic E-state index is 12.1. The molecule has 0 saturated heterocycles. The van der Waals surface area contributed by atoms with E-state index in [9.17, 15) is 9.59 Å². The largest absolute Gasteiger partial charge is 0.449 e. The normalized spacial score (nSPS) is 13.0. The summed E-state index contributed by atoms with van der Waals surface area (Å²) in [6.07, 6.45) is -0.491. The van der Waals surface area contributed by atoms with Gasteiger partial charge in [-0.3, -0.25) is 10.1 Å². The van der Waals surface area contributed by atoms with E-state index in [2.05, 4.69) is 10.6 Å². The van der Waals surface area contributed by atoms with Crippen molar-refractivity contribution in [1.82, 2.24) is 10.6 Å². The molecule has 1 aromatic rings. The predicted molar refractivity (Wildman–Crippen MR) is 97.0 cm³/mol. The molecule has 0 spiro atoms. The molecule has 0 saturated carbocycles. The molecule has 0 aromatic heterocycles. The SMILES string of the molecule is CC(C)(C)OC(=O)N[C@H](CNCOC(=O)C(C)(C)C)c1ccccc1. The van der Waals surface area contributed by atoms with Crippen LogP contribution < -0.4 is 10.6 Å². The number of hydrogen-bond donors (Lipinski definition) is 2. The van der Waals surface area contributed by atoms with Crippen molar-refractivity contribution in [2.75, 3.05) is 13.3 Å². The summed E-state index contributed by atoms with van der Waals surface area (Å²) < 4.78 is 10.5. The highest BCUT2D eigenvalue weighted by molar-refractivity contribution is 5.75. The number of benzene rings is 1. The van der Waals surface area contributed by atoms with Crippen LogP contribution in [0.3, 0.4) is 0 Å². The van der Waals surface area contributed by atoms with E-state index < -0.39 is 17.1 Å². The van der Waals surface area contributed by atoms with Crippen molar-refractivity contribution in [3.8, 4) is 0 Å². The van der Waals surface area contributed by atoms with Crippen LogP contribution in [0.5, 0.6) is 0 Å². The van der Waals surface area contributed by atoms with Crippen molar-refractivity contribution >= 4 is 12.1 Å². The molecule has 2 N–H and O–H groups in total. The summed E-state index contributed by atoms with van der Waals surface area (Å²) >= 11 is 0. The lowest BCUT2D eigenvalue weighted by molar-refractivity contribution is -0.153. The van der Waals surface area contributed by atoms with Crippen molar-refractivity contribution in [2.24, 2.45) is 5.41 Å². The Kier molecular flexibility index (Phi) is 7.42. The van der Waals surface area contributed by atoms with Gasteiger partial charge in [0.25, 0.3) is 0 Å². The minimum atomic E-state index is -0.568. The first-order valence-corrected chi connectivity index (χ1v) is 8.41. The van der Waals surface area contributed by atoms with Crippen LogP contribution in [0.2, 0.25) is 0 Å². The fraction of sp³-hybridized carbons (Fsp3) is 0.579. The van der Waals surface area contributed by atoms with Crippen molar-refractivity contribution in [1.29, 1.82) is 0 Å². The van der Waals surface area contributed by atoms with E-state index in [-0.39, 0.29) is 18.7 Å². The number of carbonyl (C=O) groups is 2. The third kappa shape index (κ3) is 8.54.